The lowest BCUT2D eigenvalue weighted by atomic mass is 10.2. The Kier molecular flexibility index (Phi) is 2.28. The first kappa shape index (κ1) is 7.98. The smallest absolute Gasteiger partial charge is 0.165 e. The van der Waals surface area contributed by atoms with Gasteiger partial charge in [-0.25, -0.2) is 5.11 Å². The van der Waals surface area contributed by atoms with Gasteiger partial charge >= 0.3 is 0 Å². The predicted molar refractivity (Wildman–Crippen MR) is 35.1 cm³/mol. The summed E-state index contributed by atoms with van der Waals surface area (Å²) < 4.78 is 10.6. The molecule has 0 N–H and O–H groups in total. The lowest BCUT2D eigenvalue weighted by Gasteiger charge is -2.20. The lowest BCUT2D eigenvalue weighted by molar-refractivity contribution is -0.160. The average Bonchev–Trinajstić information content (AvgIpc) is 2.33. The van der Waals surface area contributed by atoms with Gasteiger partial charge in [-0.3, -0.25) is 0 Å². The molecular formula is C7H13O3. The van der Waals surface area contributed by atoms with Crippen LogP contribution in [0.4, 0.5) is 0 Å². The summed E-state index contributed by atoms with van der Waals surface area (Å²) in [5.74, 6) is -0.491. The van der Waals surface area contributed by atoms with Crippen LogP contribution < -0.4 is 0 Å². The van der Waals surface area contributed by atoms with Gasteiger partial charge in [-0.05, 0) is 13.3 Å². The van der Waals surface area contributed by atoms with Crippen molar-refractivity contribution in [2.24, 2.45) is 0 Å². The Morgan fingerprint density at radius 3 is 2.70 bits per heavy atom. The minimum Gasteiger partial charge on any atom is -0.347 e. The van der Waals surface area contributed by atoms with Gasteiger partial charge in [0, 0.05) is 0 Å². The van der Waals surface area contributed by atoms with E-state index >= 15 is 0 Å². The van der Waals surface area contributed by atoms with E-state index in [1.165, 1.54) is 0 Å². The monoisotopic (exact) mass is 145 g/mol. The van der Waals surface area contributed by atoms with Crippen molar-refractivity contribution in [3.05, 3.63) is 0 Å². The molecule has 0 bridgehead atoms. The van der Waals surface area contributed by atoms with Crippen LogP contribution in [0.1, 0.15) is 20.3 Å². The largest absolute Gasteiger partial charge is 0.347 e. The van der Waals surface area contributed by atoms with Crippen LogP contribution >= 0.6 is 0 Å². The molecule has 10 heavy (non-hydrogen) atoms. The van der Waals surface area contributed by atoms with Crippen molar-refractivity contribution >= 4 is 0 Å². The van der Waals surface area contributed by atoms with Crippen LogP contribution in [0.3, 0.4) is 0 Å². The van der Waals surface area contributed by atoms with Crippen LogP contribution in [0.25, 0.3) is 0 Å². The second-order valence-electron chi connectivity index (χ2n) is 2.70. The van der Waals surface area contributed by atoms with Crippen molar-refractivity contribution in [3.63, 3.8) is 0 Å². The topological polar surface area (TPSA) is 38.4 Å². The average molecular weight is 145 g/mol. The molecule has 0 aliphatic carbocycles. The highest BCUT2D eigenvalue weighted by Crippen LogP contribution is 2.25. The third kappa shape index (κ3) is 1.48. The summed E-state index contributed by atoms with van der Waals surface area (Å²) in [7, 11) is 0. The van der Waals surface area contributed by atoms with Crippen molar-refractivity contribution in [2.75, 3.05) is 13.2 Å². The molecule has 0 amide bonds. The third-order valence-corrected chi connectivity index (χ3v) is 1.82. The third-order valence-electron chi connectivity index (χ3n) is 1.82. The summed E-state index contributed by atoms with van der Waals surface area (Å²) >= 11 is 0. The van der Waals surface area contributed by atoms with Crippen LogP contribution in [0, 0.1) is 0 Å². The number of ether oxygens (including phenoxy) is 2. The molecule has 0 aromatic carbocycles. The SMILES string of the molecule is CCC1(C)OC[C@H](C[O])O1. The molecule has 1 fully saturated rings. The van der Waals surface area contributed by atoms with Crippen LogP contribution in [0.15, 0.2) is 0 Å². The fraction of sp³-hybridized carbons (Fsp3) is 1.00. The maximum Gasteiger partial charge on any atom is 0.165 e. The Balaban J connectivity index is 2.41. The molecular weight excluding hydrogens is 132 g/mol. The summed E-state index contributed by atoms with van der Waals surface area (Å²) in [5.41, 5.74) is 0. The van der Waals surface area contributed by atoms with Gasteiger partial charge < -0.3 is 9.47 Å². The van der Waals surface area contributed by atoms with E-state index in [0.717, 1.165) is 6.42 Å². The Hall–Kier alpha value is -0.120. The van der Waals surface area contributed by atoms with Crippen molar-refractivity contribution in [3.8, 4) is 0 Å². The minimum atomic E-state index is -0.491. The highest BCUT2D eigenvalue weighted by Gasteiger charge is 2.35. The second kappa shape index (κ2) is 2.86. The van der Waals surface area contributed by atoms with E-state index < -0.39 is 5.79 Å². The summed E-state index contributed by atoms with van der Waals surface area (Å²) in [5, 5.41) is 10.3. The van der Waals surface area contributed by atoms with Crippen molar-refractivity contribution < 1.29 is 14.6 Å². The summed E-state index contributed by atoms with van der Waals surface area (Å²) in [4.78, 5) is 0. The van der Waals surface area contributed by atoms with E-state index in [2.05, 4.69) is 0 Å². The Labute approximate surface area is 60.9 Å². The lowest BCUT2D eigenvalue weighted by Crippen LogP contribution is -2.26. The summed E-state index contributed by atoms with van der Waals surface area (Å²) in [6.07, 6.45) is 0.564. The molecule has 0 saturated carbocycles. The molecule has 59 valence electrons. The molecule has 3 nitrogen and oxygen atoms in total. The molecule has 1 aliphatic heterocycles. The van der Waals surface area contributed by atoms with E-state index in [-0.39, 0.29) is 12.7 Å². The van der Waals surface area contributed by atoms with Gasteiger partial charge in [-0.15, -0.1) is 0 Å². The van der Waals surface area contributed by atoms with Crippen LogP contribution in [-0.2, 0) is 14.6 Å². The summed E-state index contributed by atoms with van der Waals surface area (Å²) in [6.45, 7) is 4.10. The van der Waals surface area contributed by atoms with Gasteiger partial charge in [0.25, 0.3) is 0 Å². The zero-order chi connectivity index (χ0) is 7.61. The maximum atomic E-state index is 10.3. The Morgan fingerprint density at radius 1 is 1.70 bits per heavy atom. The van der Waals surface area contributed by atoms with Crippen molar-refractivity contribution in [1.29, 1.82) is 0 Å². The van der Waals surface area contributed by atoms with Crippen molar-refractivity contribution in [2.45, 2.75) is 32.2 Å². The molecule has 3 heteroatoms. The van der Waals surface area contributed by atoms with Gasteiger partial charge in [0.2, 0.25) is 0 Å². The minimum absolute atomic E-state index is 0.199. The molecule has 1 rings (SSSR count). The zero-order valence-electron chi connectivity index (χ0n) is 6.42. The molecule has 1 saturated heterocycles. The molecule has 0 aromatic rings. The standard InChI is InChI=1S/C7H13O3/c1-3-7(2)9-5-6(4-8)10-7/h6H,3-5H2,1-2H3/t6-,7?/m0/s1. The van der Waals surface area contributed by atoms with E-state index in [1.807, 2.05) is 13.8 Å². The molecule has 1 unspecified atom stereocenters. The highest BCUT2D eigenvalue weighted by molar-refractivity contribution is 4.72. The first-order valence-corrected chi connectivity index (χ1v) is 3.60. The Morgan fingerprint density at radius 2 is 2.40 bits per heavy atom. The molecule has 2 atom stereocenters. The quantitative estimate of drug-likeness (QED) is 0.580. The molecule has 1 radical (unpaired) electrons. The number of rotatable bonds is 2. The van der Waals surface area contributed by atoms with E-state index in [1.54, 1.807) is 0 Å². The zero-order valence-corrected chi connectivity index (χ0v) is 6.42. The van der Waals surface area contributed by atoms with Crippen LogP contribution in [0.2, 0.25) is 0 Å². The van der Waals surface area contributed by atoms with Crippen LogP contribution in [-0.4, -0.2) is 25.1 Å². The molecule has 1 heterocycles. The van der Waals surface area contributed by atoms with Gasteiger partial charge in [0.15, 0.2) is 5.79 Å². The van der Waals surface area contributed by atoms with Crippen LogP contribution in [0.5, 0.6) is 0 Å². The number of hydrogen-bond donors (Lipinski definition) is 0. The fourth-order valence-electron chi connectivity index (χ4n) is 0.957. The molecule has 1 aliphatic rings. The predicted octanol–water partition coefficient (Wildman–Crippen LogP) is 0.959. The van der Waals surface area contributed by atoms with Gasteiger partial charge in [0.1, 0.15) is 12.7 Å². The normalized spacial score (nSPS) is 40.5. The molecule has 0 spiro atoms. The molecule has 0 aromatic heterocycles. The maximum absolute atomic E-state index is 10.3. The second-order valence-corrected chi connectivity index (χ2v) is 2.70. The first-order chi connectivity index (χ1) is 4.70. The van der Waals surface area contributed by atoms with E-state index in [0.29, 0.717) is 6.61 Å². The van der Waals surface area contributed by atoms with E-state index in [4.69, 9.17) is 9.47 Å². The fourth-order valence-corrected chi connectivity index (χ4v) is 0.957. The summed E-state index contributed by atoms with van der Waals surface area (Å²) in [6, 6.07) is 0. The number of hydrogen-bond acceptors (Lipinski definition) is 2. The van der Waals surface area contributed by atoms with Gasteiger partial charge in [-0.2, -0.15) is 0 Å². The first-order valence-electron chi connectivity index (χ1n) is 3.60. The van der Waals surface area contributed by atoms with E-state index in [9.17, 15) is 5.11 Å². The highest BCUT2D eigenvalue weighted by atomic mass is 16.7. The van der Waals surface area contributed by atoms with Gasteiger partial charge in [0.05, 0.1) is 6.61 Å². The van der Waals surface area contributed by atoms with Crippen molar-refractivity contribution in [1.82, 2.24) is 0 Å². The Bertz CT molecular complexity index is 115. The van der Waals surface area contributed by atoms with Gasteiger partial charge in [-0.1, -0.05) is 6.92 Å².